The molecule has 0 aromatic carbocycles. The van der Waals surface area contributed by atoms with Gasteiger partial charge in [0.1, 0.15) is 5.76 Å². The Bertz CT molecular complexity index is 326. The molecule has 0 aromatic rings. The Labute approximate surface area is 184 Å². The first-order chi connectivity index (χ1) is 14.3. The van der Waals surface area contributed by atoms with E-state index in [1.54, 1.807) is 0 Å². The minimum absolute atomic E-state index is 0.341. The second-order valence-electron chi connectivity index (χ2n) is 9.19. The summed E-state index contributed by atoms with van der Waals surface area (Å²) < 4.78 is 0. The number of aliphatic hydroxyl groups excluding tert-OH is 1. The summed E-state index contributed by atoms with van der Waals surface area (Å²) in [6.07, 6.45) is 34.5. The van der Waals surface area contributed by atoms with Gasteiger partial charge in [0, 0.05) is 12.6 Å². The molecule has 2 nitrogen and oxygen atoms in total. The molecule has 29 heavy (non-hydrogen) atoms. The quantitative estimate of drug-likeness (QED) is 0.123. The van der Waals surface area contributed by atoms with Crippen molar-refractivity contribution in [2.45, 2.75) is 161 Å². The van der Waals surface area contributed by atoms with Gasteiger partial charge in [-0.25, -0.2) is 0 Å². The molecule has 0 bridgehead atoms. The summed E-state index contributed by atoms with van der Waals surface area (Å²) in [5.41, 5.74) is 5.26. The van der Waals surface area contributed by atoms with Crippen LogP contribution in [-0.2, 0) is 0 Å². The Kier molecular flexibility index (Phi) is 24.8. The van der Waals surface area contributed by atoms with Crippen molar-refractivity contribution in [3.63, 3.8) is 0 Å². The van der Waals surface area contributed by atoms with Gasteiger partial charge in [-0.3, -0.25) is 0 Å². The van der Waals surface area contributed by atoms with Crippen LogP contribution in [0.3, 0.4) is 0 Å². The van der Waals surface area contributed by atoms with Gasteiger partial charge in [-0.05, 0) is 6.42 Å². The zero-order valence-corrected chi connectivity index (χ0v) is 20.1. The Morgan fingerprint density at radius 2 is 0.724 bits per heavy atom. The monoisotopic (exact) mass is 409 g/mol. The second-order valence-corrected chi connectivity index (χ2v) is 9.19. The van der Waals surface area contributed by atoms with Crippen LogP contribution in [0, 0.1) is 0 Å². The molecule has 174 valence electrons. The van der Waals surface area contributed by atoms with Gasteiger partial charge in [-0.2, -0.15) is 0 Å². The Hall–Kier alpha value is -0.660. The lowest BCUT2D eigenvalue weighted by molar-refractivity contribution is 0.378. The number of hydrogen-bond donors (Lipinski definition) is 2. The van der Waals surface area contributed by atoms with E-state index in [2.05, 4.69) is 6.92 Å². The van der Waals surface area contributed by atoms with E-state index in [4.69, 9.17) is 5.73 Å². The highest BCUT2D eigenvalue weighted by Gasteiger charge is 1.96. The fourth-order valence-electron chi connectivity index (χ4n) is 4.17. The predicted octanol–water partition coefficient (Wildman–Crippen LogP) is 9.73. The molecule has 0 saturated carbocycles. The van der Waals surface area contributed by atoms with Crippen molar-refractivity contribution < 1.29 is 5.11 Å². The molecule has 0 saturated heterocycles. The van der Waals surface area contributed by atoms with Crippen LogP contribution in [0.25, 0.3) is 0 Å². The molecule has 0 aliphatic rings. The first-order valence-corrected chi connectivity index (χ1v) is 13.4. The summed E-state index contributed by atoms with van der Waals surface area (Å²) in [4.78, 5) is 0. The van der Waals surface area contributed by atoms with Gasteiger partial charge in [0.15, 0.2) is 0 Å². The predicted molar refractivity (Wildman–Crippen MR) is 131 cm³/mol. The van der Waals surface area contributed by atoms with E-state index < -0.39 is 0 Å². The van der Waals surface area contributed by atoms with Crippen molar-refractivity contribution in [1.29, 1.82) is 0 Å². The zero-order chi connectivity index (χ0) is 21.3. The summed E-state index contributed by atoms with van der Waals surface area (Å²) in [6, 6.07) is 0. The average Bonchev–Trinajstić information content (AvgIpc) is 2.74. The van der Waals surface area contributed by atoms with Crippen molar-refractivity contribution in [3.05, 3.63) is 12.0 Å². The van der Waals surface area contributed by atoms with Gasteiger partial charge in [-0.1, -0.05) is 148 Å². The maximum absolute atomic E-state index is 9.27. The Morgan fingerprint density at radius 3 is 0.966 bits per heavy atom. The third kappa shape index (κ3) is 25.3. The van der Waals surface area contributed by atoms with Crippen molar-refractivity contribution in [2.75, 3.05) is 0 Å². The van der Waals surface area contributed by atoms with E-state index in [1.807, 2.05) is 0 Å². The van der Waals surface area contributed by atoms with E-state index in [9.17, 15) is 5.11 Å². The van der Waals surface area contributed by atoms with Crippen LogP contribution in [0.2, 0.25) is 0 Å². The summed E-state index contributed by atoms with van der Waals surface area (Å²) in [6.45, 7) is 2.30. The fraction of sp³-hybridized carbons (Fsp3) is 0.926. The number of unbranched alkanes of at least 4 members (excludes halogenated alkanes) is 22. The number of allylic oxidation sites excluding steroid dienone is 1. The molecule has 0 unspecified atom stereocenters. The molecule has 0 spiro atoms. The third-order valence-electron chi connectivity index (χ3n) is 6.23. The largest absolute Gasteiger partial charge is 0.511 e. The minimum Gasteiger partial charge on any atom is -0.511 e. The van der Waals surface area contributed by atoms with Crippen LogP contribution in [0.5, 0.6) is 0 Å². The molecule has 0 amide bonds. The van der Waals surface area contributed by atoms with Gasteiger partial charge in [-0.15, -0.1) is 0 Å². The molecule has 0 aromatic heterocycles. The molecular weight excluding hydrogens is 354 g/mol. The highest BCUT2D eigenvalue weighted by Crippen LogP contribution is 2.15. The topological polar surface area (TPSA) is 46.2 Å². The molecule has 0 heterocycles. The Balaban J connectivity index is 3.02. The van der Waals surface area contributed by atoms with Crippen molar-refractivity contribution in [1.82, 2.24) is 0 Å². The van der Waals surface area contributed by atoms with Crippen LogP contribution in [-0.4, -0.2) is 5.11 Å². The van der Waals surface area contributed by atoms with E-state index in [-0.39, 0.29) is 0 Å². The lowest BCUT2D eigenvalue weighted by atomic mass is 10.0. The third-order valence-corrected chi connectivity index (χ3v) is 6.23. The highest BCUT2D eigenvalue weighted by atomic mass is 16.3. The van der Waals surface area contributed by atoms with Crippen LogP contribution >= 0.6 is 0 Å². The number of nitrogens with two attached hydrogens (primary N) is 1. The molecule has 0 radical (unpaired) electrons. The number of rotatable bonds is 24. The summed E-state index contributed by atoms with van der Waals surface area (Å²) in [7, 11) is 0. The minimum atomic E-state index is 0.341. The summed E-state index contributed by atoms with van der Waals surface area (Å²) in [5, 5.41) is 9.27. The van der Waals surface area contributed by atoms with Crippen molar-refractivity contribution in [3.8, 4) is 0 Å². The lowest BCUT2D eigenvalue weighted by Crippen LogP contribution is -1.88. The van der Waals surface area contributed by atoms with Crippen LogP contribution in [0.1, 0.15) is 161 Å². The van der Waals surface area contributed by atoms with Gasteiger partial charge in [0.2, 0.25) is 0 Å². The molecule has 0 atom stereocenters. The van der Waals surface area contributed by atoms with Crippen LogP contribution < -0.4 is 5.73 Å². The molecular formula is C27H55NO. The van der Waals surface area contributed by atoms with E-state index in [0.29, 0.717) is 5.76 Å². The molecule has 3 N–H and O–H groups in total. The van der Waals surface area contributed by atoms with Gasteiger partial charge < -0.3 is 10.8 Å². The van der Waals surface area contributed by atoms with Crippen molar-refractivity contribution >= 4 is 0 Å². The smallest absolute Gasteiger partial charge is 0.108 e. The first-order valence-electron chi connectivity index (χ1n) is 13.4. The highest BCUT2D eigenvalue weighted by molar-refractivity contribution is 4.85. The molecule has 0 rings (SSSR count). The summed E-state index contributed by atoms with van der Waals surface area (Å²) in [5.74, 6) is 0.341. The number of hydrogen-bond acceptors (Lipinski definition) is 2. The second kappa shape index (κ2) is 25.4. The van der Waals surface area contributed by atoms with E-state index in [0.717, 1.165) is 12.8 Å². The lowest BCUT2D eigenvalue weighted by Gasteiger charge is -2.04. The fourth-order valence-corrected chi connectivity index (χ4v) is 4.17. The van der Waals surface area contributed by atoms with Crippen LogP contribution in [0.4, 0.5) is 0 Å². The normalized spacial score (nSPS) is 12.0. The SMILES string of the molecule is CCCCCCCCCCCCCCCCCCCCCCCCCC(O)=CN. The van der Waals surface area contributed by atoms with Gasteiger partial charge in [0.25, 0.3) is 0 Å². The zero-order valence-electron chi connectivity index (χ0n) is 20.1. The first kappa shape index (κ1) is 28.3. The molecule has 0 aliphatic carbocycles. The van der Waals surface area contributed by atoms with Crippen molar-refractivity contribution in [2.24, 2.45) is 5.73 Å². The van der Waals surface area contributed by atoms with E-state index >= 15 is 0 Å². The van der Waals surface area contributed by atoms with E-state index in [1.165, 1.54) is 147 Å². The summed E-state index contributed by atoms with van der Waals surface area (Å²) >= 11 is 0. The molecule has 0 aliphatic heterocycles. The van der Waals surface area contributed by atoms with Gasteiger partial charge in [0.05, 0.1) is 0 Å². The van der Waals surface area contributed by atoms with Gasteiger partial charge >= 0.3 is 0 Å². The average molecular weight is 410 g/mol. The Morgan fingerprint density at radius 1 is 0.483 bits per heavy atom. The maximum atomic E-state index is 9.27. The maximum Gasteiger partial charge on any atom is 0.108 e. The standard InChI is InChI=1S/C27H55NO/c1-2-3-4-5-6-7-8-9-10-11-12-13-14-15-16-17-18-19-20-21-22-23-24-25-27(29)26-28/h26,29H,2-25,28H2,1H3. The molecule has 2 heteroatoms. The molecule has 0 fully saturated rings. The number of aliphatic hydroxyl groups is 1. The van der Waals surface area contributed by atoms with Crippen LogP contribution in [0.15, 0.2) is 12.0 Å².